The summed E-state index contributed by atoms with van der Waals surface area (Å²) in [5.74, 6) is 0.954. The quantitative estimate of drug-likeness (QED) is 0.780. The number of nitrogens with one attached hydrogen (secondary N) is 1. The molecule has 0 saturated carbocycles. The number of ether oxygens (including phenoxy) is 1. The Kier molecular flexibility index (Phi) is 2.29. The van der Waals surface area contributed by atoms with Crippen molar-refractivity contribution in [2.45, 2.75) is 18.9 Å². The molecule has 0 aliphatic carbocycles. The SMILES string of the molecule is C=C1Nc2cnccc2N1C1CCOCC1. The third-order valence-electron chi connectivity index (χ3n) is 3.18. The molecule has 1 aromatic rings. The molecule has 1 fully saturated rings. The number of aromatic nitrogens is 1. The van der Waals surface area contributed by atoms with Crippen LogP contribution in [-0.4, -0.2) is 24.2 Å². The van der Waals surface area contributed by atoms with Crippen LogP contribution in [0.5, 0.6) is 0 Å². The fourth-order valence-corrected chi connectivity index (χ4v) is 2.41. The molecule has 0 spiro atoms. The summed E-state index contributed by atoms with van der Waals surface area (Å²) >= 11 is 0. The summed E-state index contributed by atoms with van der Waals surface area (Å²) in [5.41, 5.74) is 2.24. The highest BCUT2D eigenvalue weighted by molar-refractivity contribution is 5.79. The molecular formula is C12H15N3O. The van der Waals surface area contributed by atoms with Crippen LogP contribution in [0.2, 0.25) is 0 Å². The summed E-state index contributed by atoms with van der Waals surface area (Å²) in [6.07, 6.45) is 5.79. The van der Waals surface area contributed by atoms with Crippen LogP contribution in [0.3, 0.4) is 0 Å². The van der Waals surface area contributed by atoms with Crippen LogP contribution in [0.15, 0.2) is 30.9 Å². The second kappa shape index (κ2) is 3.79. The van der Waals surface area contributed by atoms with Gasteiger partial charge in [-0.25, -0.2) is 0 Å². The van der Waals surface area contributed by atoms with Gasteiger partial charge in [0.2, 0.25) is 0 Å². The lowest BCUT2D eigenvalue weighted by atomic mass is 10.1. The Hall–Kier alpha value is -1.55. The molecule has 0 atom stereocenters. The lowest BCUT2D eigenvalue weighted by Gasteiger charge is -2.32. The Labute approximate surface area is 94.9 Å². The largest absolute Gasteiger partial charge is 0.381 e. The third kappa shape index (κ3) is 1.46. The molecule has 0 amide bonds. The highest BCUT2D eigenvalue weighted by Gasteiger charge is 2.30. The van der Waals surface area contributed by atoms with E-state index in [9.17, 15) is 0 Å². The maximum atomic E-state index is 5.39. The van der Waals surface area contributed by atoms with E-state index >= 15 is 0 Å². The van der Waals surface area contributed by atoms with E-state index in [0.29, 0.717) is 6.04 Å². The van der Waals surface area contributed by atoms with Crippen molar-refractivity contribution < 1.29 is 4.74 Å². The van der Waals surface area contributed by atoms with Crippen molar-refractivity contribution in [3.63, 3.8) is 0 Å². The fourth-order valence-electron chi connectivity index (χ4n) is 2.41. The van der Waals surface area contributed by atoms with Gasteiger partial charge in [0.15, 0.2) is 0 Å². The van der Waals surface area contributed by atoms with Gasteiger partial charge in [-0.15, -0.1) is 0 Å². The number of fused-ring (bicyclic) bond motifs is 1. The van der Waals surface area contributed by atoms with E-state index < -0.39 is 0 Å². The van der Waals surface area contributed by atoms with Crippen LogP contribution in [0.1, 0.15) is 12.8 Å². The predicted octanol–water partition coefficient (Wildman–Crippen LogP) is 1.96. The van der Waals surface area contributed by atoms with Crippen LogP contribution >= 0.6 is 0 Å². The molecule has 3 rings (SSSR count). The number of anilines is 2. The molecule has 0 aromatic carbocycles. The first-order chi connectivity index (χ1) is 7.86. The zero-order valence-electron chi connectivity index (χ0n) is 9.15. The standard InChI is InChI=1S/C12H15N3O/c1-9-14-11-8-13-5-2-12(11)15(9)10-3-6-16-7-4-10/h2,5,8,10,14H,1,3-4,6-7H2. The van der Waals surface area contributed by atoms with Gasteiger partial charge in [-0.2, -0.15) is 0 Å². The molecule has 16 heavy (non-hydrogen) atoms. The minimum Gasteiger partial charge on any atom is -0.381 e. The van der Waals surface area contributed by atoms with Crippen LogP contribution in [-0.2, 0) is 4.74 Å². The maximum absolute atomic E-state index is 5.39. The molecule has 1 aromatic heterocycles. The van der Waals surface area contributed by atoms with Crippen LogP contribution in [0.4, 0.5) is 11.4 Å². The van der Waals surface area contributed by atoms with Crippen molar-refractivity contribution in [1.82, 2.24) is 4.98 Å². The topological polar surface area (TPSA) is 37.4 Å². The number of hydrogen-bond donors (Lipinski definition) is 1. The summed E-state index contributed by atoms with van der Waals surface area (Å²) in [4.78, 5) is 6.39. The van der Waals surface area contributed by atoms with Crippen LogP contribution in [0.25, 0.3) is 0 Å². The fraction of sp³-hybridized carbons (Fsp3) is 0.417. The lowest BCUT2D eigenvalue weighted by Crippen LogP contribution is -2.37. The van der Waals surface area contributed by atoms with Crippen molar-refractivity contribution in [3.05, 3.63) is 30.9 Å². The van der Waals surface area contributed by atoms with Gasteiger partial charge in [0.25, 0.3) is 0 Å². The number of hydrogen-bond acceptors (Lipinski definition) is 4. The van der Waals surface area contributed by atoms with E-state index in [4.69, 9.17) is 4.74 Å². The summed E-state index contributed by atoms with van der Waals surface area (Å²) < 4.78 is 5.39. The van der Waals surface area contributed by atoms with Crippen molar-refractivity contribution >= 4 is 11.4 Å². The summed E-state index contributed by atoms with van der Waals surface area (Å²) in [6, 6.07) is 2.54. The first-order valence-corrected chi connectivity index (χ1v) is 5.63. The predicted molar refractivity (Wildman–Crippen MR) is 63.3 cm³/mol. The van der Waals surface area contributed by atoms with Gasteiger partial charge >= 0.3 is 0 Å². The van der Waals surface area contributed by atoms with E-state index in [0.717, 1.165) is 37.6 Å². The molecule has 84 valence electrons. The van der Waals surface area contributed by atoms with Crippen molar-refractivity contribution in [2.24, 2.45) is 0 Å². The first kappa shape index (κ1) is 9.66. The summed E-state index contributed by atoms with van der Waals surface area (Å²) in [6.45, 7) is 5.76. The number of pyridine rings is 1. The highest BCUT2D eigenvalue weighted by atomic mass is 16.5. The molecule has 2 aliphatic rings. The van der Waals surface area contributed by atoms with Gasteiger partial charge in [-0.1, -0.05) is 6.58 Å². The molecule has 0 bridgehead atoms. The zero-order chi connectivity index (χ0) is 11.0. The third-order valence-corrected chi connectivity index (χ3v) is 3.18. The van der Waals surface area contributed by atoms with Gasteiger partial charge in [-0.3, -0.25) is 4.98 Å². The molecule has 1 saturated heterocycles. The van der Waals surface area contributed by atoms with Crippen molar-refractivity contribution in [3.8, 4) is 0 Å². The molecule has 4 heteroatoms. The Morgan fingerprint density at radius 3 is 3.06 bits per heavy atom. The van der Waals surface area contributed by atoms with Crippen molar-refractivity contribution in [2.75, 3.05) is 23.4 Å². The second-order valence-corrected chi connectivity index (χ2v) is 4.18. The maximum Gasteiger partial charge on any atom is 0.103 e. The van der Waals surface area contributed by atoms with Gasteiger partial charge in [0.1, 0.15) is 5.82 Å². The molecule has 0 unspecified atom stereocenters. The molecule has 0 radical (unpaired) electrons. The van der Waals surface area contributed by atoms with Crippen LogP contribution < -0.4 is 10.2 Å². The van der Waals surface area contributed by atoms with Crippen LogP contribution in [0, 0.1) is 0 Å². The van der Waals surface area contributed by atoms with E-state index in [-0.39, 0.29) is 0 Å². The Morgan fingerprint density at radius 2 is 2.25 bits per heavy atom. The van der Waals surface area contributed by atoms with Crippen molar-refractivity contribution in [1.29, 1.82) is 0 Å². The molecule has 1 N–H and O–H groups in total. The minimum absolute atomic E-state index is 0.498. The lowest BCUT2D eigenvalue weighted by molar-refractivity contribution is 0.0860. The van der Waals surface area contributed by atoms with Gasteiger partial charge in [0.05, 0.1) is 17.6 Å². The normalized spacial score (nSPS) is 20.8. The summed E-state index contributed by atoms with van der Waals surface area (Å²) in [7, 11) is 0. The molecular weight excluding hydrogens is 202 g/mol. The molecule has 4 nitrogen and oxygen atoms in total. The second-order valence-electron chi connectivity index (χ2n) is 4.18. The number of nitrogens with zero attached hydrogens (tertiary/aromatic N) is 2. The first-order valence-electron chi connectivity index (χ1n) is 5.63. The van der Waals surface area contributed by atoms with E-state index in [1.807, 2.05) is 18.5 Å². The van der Waals surface area contributed by atoms with E-state index in [1.165, 1.54) is 5.69 Å². The molecule has 2 aliphatic heterocycles. The summed E-state index contributed by atoms with van der Waals surface area (Å²) in [5, 5.41) is 3.27. The Balaban J connectivity index is 1.92. The van der Waals surface area contributed by atoms with E-state index in [1.54, 1.807) is 0 Å². The smallest absolute Gasteiger partial charge is 0.103 e. The molecule has 3 heterocycles. The Morgan fingerprint density at radius 1 is 1.44 bits per heavy atom. The Bertz CT molecular complexity index is 412. The van der Waals surface area contributed by atoms with Gasteiger partial charge < -0.3 is 15.0 Å². The zero-order valence-corrected chi connectivity index (χ0v) is 9.15. The average Bonchev–Trinajstić information content (AvgIpc) is 2.66. The highest BCUT2D eigenvalue weighted by Crippen LogP contribution is 2.38. The average molecular weight is 217 g/mol. The van der Waals surface area contributed by atoms with Gasteiger partial charge in [0, 0.05) is 25.5 Å². The van der Waals surface area contributed by atoms with Gasteiger partial charge in [-0.05, 0) is 18.9 Å². The minimum atomic E-state index is 0.498. The number of rotatable bonds is 1. The monoisotopic (exact) mass is 217 g/mol. The van der Waals surface area contributed by atoms with E-state index in [2.05, 4.69) is 21.8 Å².